The van der Waals surface area contributed by atoms with Crippen LogP contribution in [0.5, 0.6) is 0 Å². The molecule has 2 aromatic rings. The molecule has 6 nitrogen and oxygen atoms in total. The average molecular weight is 407 g/mol. The molecule has 0 radical (unpaired) electrons. The largest absolute Gasteiger partial charge is 0.347 e. The number of carbonyl (C=O) groups excluding carboxylic acids is 1. The van der Waals surface area contributed by atoms with Crippen molar-refractivity contribution in [3.05, 3.63) is 59.5 Å². The van der Waals surface area contributed by atoms with Gasteiger partial charge in [0.05, 0.1) is 11.6 Å². The fourth-order valence-corrected chi connectivity index (χ4v) is 4.58. The van der Waals surface area contributed by atoms with Crippen molar-refractivity contribution in [3.8, 4) is 6.07 Å². The Balaban J connectivity index is 1.30. The molecule has 0 spiro atoms. The van der Waals surface area contributed by atoms with Crippen molar-refractivity contribution in [1.82, 2.24) is 15.2 Å². The summed E-state index contributed by atoms with van der Waals surface area (Å²) < 4.78 is 13.0. The van der Waals surface area contributed by atoms with Gasteiger partial charge in [-0.2, -0.15) is 5.26 Å². The van der Waals surface area contributed by atoms with Gasteiger partial charge in [0.2, 0.25) is 5.91 Å². The van der Waals surface area contributed by atoms with Crippen molar-refractivity contribution in [2.75, 3.05) is 24.5 Å². The molecule has 156 valence electrons. The summed E-state index contributed by atoms with van der Waals surface area (Å²) in [5.74, 6) is 1.30. The number of hydrogen-bond donors (Lipinski definition) is 1. The monoisotopic (exact) mass is 407 g/mol. The fourth-order valence-electron chi connectivity index (χ4n) is 4.58. The summed E-state index contributed by atoms with van der Waals surface area (Å²) in [6.45, 7) is 4.86. The van der Waals surface area contributed by atoms with E-state index in [4.69, 9.17) is 5.26 Å². The van der Waals surface area contributed by atoms with Gasteiger partial charge in [-0.15, -0.1) is 0 Å². The maximum atomic E-state index is 13.0. The van der Waals surface area contributed by atoms with Crippen LogP contribution in [0.4, 0.5) is 10.2 Å². The van der Waals surface area contributed by atoms with Gasteiger partial charge >= 0.3 is 0 Å². The summed E-state index contributed by atoms with van der Waals surface area (Å²) in [5, 5.41) is 12.3. The lowest BCUT2D eigenvalue weighted by molar-refractivity contribution is -0.132. The maximum Gasteiger partial charge on any atom is 0.223 e. The predicted octanol–water partition coefficient (Wildman–Crippen LogP) is 2.70. The van der Waals surface area contributed by atoms with E-state index in [1.54, 1.807) is 24.4 Å². The maximum absolute atomic E-state index is 13.0. The second-order valence-corrected chi connectivity index (χ2v) is 8.21. The van der Waals surface area contributed by atoms with Gasteiger partial charge in [-0.25, -0.2) is 9.37 Å². The van der Waals surface area contributed by atoms with E-state index in [0.29, 0.717) is 44.1 Å². The first-order valence-corrected chi connectivity index (χ1v) is 10.4. The Kier molecular flexibility index (Phi) is 5.96. The van der Waals surface area contributed by atoms with Gasteiger partial charge in [0.1, 0.15) is 17.7 Å². The molecule has 2 saturated heterocycles. The average Bonchev–Trinajstić information content (AvgIpc) is 2.96. The number of piperazine rings is 1. The molecular formula is C23H26FN5O. The number of nitriles is 1. The third kappa shape index (κ3) is 4.29. The number of fused-ring (bicyclic) bond motifs is 2. The Morgan fingerprint density at radius 1 is 1.27 bits per heavy atom. The molecule has 0 saturated carbocycles. The molecule has 1 aromatic heterocycles. The highest BCUT2D eigenvalue weighted by atomic mass is 19.1. The number of benzene rings is 1. The Labute approximate surface area is 176 Å². The fraction of sp³-hybridized carbons (Fsp3) is 0.435. The minimum absolute atomic E-state index is 0.165. The topological polar surface area (TPSA) is 72.3 Å². The lowest BCUT2D eigenvalue weighted by atomic mass is 10.0. The quantitative estimate of drug-likeness (QED) is 0.746. The second-order valence-electron chi connectivity index (χ2n) is 8.21. The van der Waals surface area contributed by atoms with E-state index < -0.39 is 0 Å². The number of amides is 1. The van der Waals surface area contributed by atoms with Gasteiger partial charge in [0.15, 0.2) is 0 Å². The smallest absolute Gasteiger partial charge is 0.223 e. The van der Waals surface area contributed by atoms with Gasteiger partial charge in [-0.05, 0) is 42.2 Å². The third-order valence-electron chi connectivity index (χ3n) is 6.14. The van der Waals surface area contributed by atoms with Gasteiger partial charge in [-0.3, -0.25) is 4.79 Å². The number of anilines is 1. The Morgan fingerprint density at radius 3 is 2.73 bits per heavy atom. The number of nitrogens with one attached hydrogen (secondary N) is 1. The van der Waals surface area contributed by atoms with Crippen LogP contribution in [0.3, 0.4) is 0 Å². The molecule has 2 bridgehead atoms. The zero-order chi connectivity index (χ0) is 21.1. The van der Waals surface area contributed by atoms with Crippen molar-refractivity contribution < 1.29 is 9.18 Å². The van der Waals surface area contributed by atoms with Crippen molar-refractivity contribution in [1.29, 1.82) is 5.26 Å². The summed E-state index contributed by atoms with van der Waals surface area (Å²) in [6.07, 6.45) is 3.10. The molecule has 2 aliphatic rings. The number of aromatic nitrogens is 1. The summed E-state index contributed by atoms with van der Waals surface area (Å²) in [4.78, 5) is 21.6. The molecule has 3 heterocycles. The van der Waals surface area contributed by atoms with Crippen LogP contribution < -0.4 is 10.2 Å². The van der Waals surface area contributed by atoms with Gasteiger partial charge < -0.3 is 15.1 Å². The Morgan fingerprint density at radius 2 is 2.07 bits per heavy atom. The van der Waals surface area contributed by atoms with Crippen LogP contribution >= 0.6 is 0 Å². The van der Waals surface area contributed by atoms with E-state index in [1.165, 1.54) is 12.1 Å². The molecule has 1 N–H and O–H groups in total. The van der Waals surface area contributed by atoms with Gasteiger partial charge in [0, 0.05) is 44.8 Å². The molecule has 2 aliphatic heterocycles. The highest BCUT2D eigenvalue weighted by Gasteiger charge is 2.45. The number of hydrogen-bond acceptors (Lipinski definition) is 5. The molecular weight excluding hydrogens is 381 g/mol. The molecule has 2 unspecified atom stereocenters. The Bertz CT molecular complexity index is 924. The van der Waals surface area contributed by atoms with E-state index in [9.17, 15) is 9.18 Å². The van der Waals surface area contributed by atoms with E-state index in [-0.39, 0.29) is 23.8 Å². The lowest BCUT2D eigenvalue weighted by Gasteiger charge is -2.42. The Hall–Kier alpha value is -2.98. The highest BCUT2D eigenvalue weighted by molar-refractivity contribution is 5.77. The summed E-state index contributed by atoms with van der Waals surface area (Å²) in [7, 11) is 0. The predicted molar refractivity (Wildman–Crippen MR) is 112 cm³/mol. The van der Waals surface area contributed by atoms with Crippen LogP contribution in [0.2, 0.25) is 0 Å². The van der Waals surface area contributed by atoms with E-state index in [2.05, 4.69) is 28.2 Å². The van der Waals surface area contributed by atoms with Crippen LogP contribution in [-0.2, 0) is 11.3 Å². The number of rotatable bonds is 6. The zero-order valence-corrected chi connectivity index (χ0v) is 17.1. The van der Waals surface area contributed by atoms with Crippen LogP contribution in [0.1, 0.15) is 30.9 Å². The van der Waals surface area contributed by atoms with Crippen molar-refractivity contribution in [2.24, 2.45) is 5.92 Å². The van der Waals surface area contributed by atoms with Crippen LogP contribution in [0, 0.1) is 23.1 Å². The molecule has 3 atom stereocenters. The number of halogens is 1. The standard InChI is InChI=1S/C23H26FN5O/c1-16-10-20-14-28(15-21(16)29(20)22-7-4-18(11-25)13-27-22)23(30)8-9-26-12-17-2-5-19(24)6-3-17/h2-7,13,16,20-21,26H,8-10,12,14-15H2,1H3/t16-,20?,21?/m0/s1. The zero-order valence-electron chi connectivity index (χ0n) is 17.1. The van der Waals surface area contributed by atoms with E-state index in [1.807, 2.05) is 11.0 Å². The number of nitrogens with zero attached hydrogens (tertiary/aromatic N) is 4. The summed E-state index contributed by atoms with van der Waals surface area (Å²) in [6, 6.07) is 12.7. The normalized spacial score (nSPS) is 22.8. The van der Waals surface area contributed by atoms with Crippen molar-refractivity contribution >= 4 is 11.7 Å². The minimum atomic E-state index is -0.242. The van der Waals surface area contributed by atoms with E-state index in [0.717, 1.165) is 17.8 Å². The van der Waals surface area contributed by atoms with E-state index >= 15 is 0 Å². The summed E-state index contributed by atoms with van der Waals surface area (Å²) >= 11 is 0. The van der Waals surface area contributed by atoms with Crippen molar-refractivity contribution in [2.45, 2.75) is 38.4 Å². The molecule has 7 heteroatoms. The lowest BCUT2D eigenvalue weighted by Crippen LogP contribution is -2.56. The first kappa shape index (κ1) is 20.3. The first-order valence-electron chi connectivity index (χ1n) is 10.4. The van der Waals surface area contributed by atoms with Crippen molar-refractivity contribution in [3.63, 3.8) is 0 Å². The third-order valence-corrected chi connectivity index (χ3v) is 6.14. The number of likely N-dealkylation sites (tertiary alicyclic amines) is 1. The molecule has 2 fully saturated rings. The molecule has 30 heavy (non-hydrogen) atoms. The molecule has 4 rings (SSSR count). The molecule has 1 amide bonds. The first-order chi connectivity index (χ1) is 14.5. The molecule has 1 aromatic carbocycles. The number of carbonyl (C=O) groups is 1. The number of pyridine rings is 1. The molecule has 0 aliphatic carbocycles. The minimum Gasteiger partial charge on any atom is -0.347 e. The second kappa shape index (κ2) is 8.80. The van der Waals surface area contributed by atoms with Crippen LogP contribution in [-0.4, -0.2) is 47.5 Å². The van der Waals surface area contributed by atoms with Crippen LogP contribution in [0.25, 0.3) is 0 Å². The summed E-state index contributed by atoms with van der Waals surface area (Å²) in [5.41, 5.74) is 1.56. The van der Waals surface area contributed by atoms with Gasteiger partial charge in [-0.1, -0.05) is 19.1 Å². The highest BCUT2D eigenvalue weighted by Crippen LogP contribution is 2.37. The SMILES string of the molecule is C[C@H]1CC2CN(C(=O)CCNCc3ccc(F)cc3)CC1N2c1ccc(C#N)cn1. The van der Waals surface area contributed by atoms with Crippen LogP contribution in [0.15, 0.2) is 42.6 Å². The van der Waals surface area contributed by atoms with Gasteiger partial charge in [0.25, 0.3) is 0 Å².